The number of rotatable bonds is 10. The molecule has 2 aliphatic rings. The number of nitrogens with one attached hydrogen (secondary N) is 2. The van der Waals surface area contributed by atoms with Crippen molar-refractivity contribution in [2.45, 2.75) is 68.8 Å². The minimum Gasteiger partial charge on any atom is -0.443 e. The quantitative estimate of drug-likeness (QED) is 0.372. The van der Waals surface area contributed by atoms with Crippen LogP contribution in [-0.4, -0.2) is 44.5 Å². The van der Waals surface area contributed by atoms with Crippen molar-refractivity contribution >= 4 is 33.0 Å². The van der Waals surface area contributed by atoms with Crippen molar-refractivity contribution in [2.75, 3.05) is 18.0 Å². The van der Waals surface area contributed by atoms with Gasteiger partial charge in [0.15, 0.2) is 12.2 Å². The molecule has 1 amide bonds. The Morgan fingerprint density at radius 2 is 2.08 bits per heavy atom. The summed E-state index contributed by atoms with van der Waals surface area (Å²) in [4.78, 5) is 20.2. The summed E-state index contributed by atoms with van der Waals surface area (Å²) >= 11 is 1.25. The van der Waals surface area contributed by atoms with Crippen molar-refractivity contribution in [3.8, 4) is 10.6 Å². The van der Waals surface area contributed by atoms with Gasteiger partial charge in [-0.2, -0.15) is 4.72 Å². The summed E-state index contributed by atoms with van der Waals surface area (Å²) in [6.07, 6.45) is 9.42. The lowest BCUT2D eigenvalue weighted by Crippen LogP contribution is -2.51. The predicted octanol–water partition coefficient (Wildman–Crippen LogP) is 4.73. The summed E-state index contributed by atoms with van der Waals surface area (Å²) in [6, 6.07) is 5.23. The molecule has 8 nitrogen and oxygen atoms in total. The van der Waals surface area contributed by atoms with Gasteiger partial charge in [0.05, 0.1) is 16.0 Å². The van der Waals surface area contributed by atoms with Gasteiger partial charge in [0, 0.05) is 30.2 Å². The van der Waals surface area contributed by atoms with Crippen LogP contribution in [0.3, 0.4) is 0 Å². The van der Waals surface area contributed by atoms with E-state index in [9.17, 15) is 17.6 Å². The maximum absolute atomic E-state index is 13.6. The lowest BCUT2D eigenvalue weighted by Gasteiger charge is -2.29. The number of halogens is 1. The lowest BCUT2D eigenvalue weighted by molar-refractivity contribution is -0.123. The van der Waals surface area contributed by atoms with Gasteiger partial charge in [-0.25, -0.2) is 17.8 Å². The van der Waals surface area contributed by atoms with Gasteiger partial charge >= 0.3 is 0 Å². The first-order chi connectivity index (χ1) is 18.3. The van der Waals surface area contributed by atoms with E-state index in [-0.39, 0.29) is 22.7 Å². The Labute approximate surface area is 226 Å². The maximum atomic E-state index is 13.6. The van der Waals surface area contributed by atoms with Crippen LogP contribution in [0.15, 0.2) is 51.5 Å². The first-order valence-electron chi connectivity index (χ1n) is 13.1. The number of anilines is 1. The summed E-state index contributed by atoms with van der Waals surface area (Å²) in [6.45, 7) is 3.22. The zero-order valence-electron chi connectivity index (χ0n) is 21.4. The maximum Gasteiger partial charge on any atom is 0.242 e. The summed E-state index contributed by atoms with van der Waals surface area (Å²) in [5.41, 5.74) is 1.94. The van der Waals surface area contributed by atoms with E-state index < -0.39 is 16.1 Å². The fourth-order valence-electron chi connectivity index (χ4n) is 5.49. The third-order valence-corrected chi connectivity index (χ3v) is 9.93. The second kappa shape index (κ2) is 11.5. The number of thiophene rings is 1. The number of sulfonamides is 1. The van der Waals surface area contributed by atoms with Crippen molar-refractivity contribution in [3.63, 3.8) is 0 Å². The number of benzene rings is 1. The molecule has 0 bridgehead atoms. The number of hydrogen-bond donors (Lipinski definition) is 2. The highest BCUT2D eigenvalue weighted by molar-refractivity contribution is 7.89. The highest BCUT2D eigenvalue weighted by Gasteiger charge is 2.31. The number of carbonyl (C=O) groups excluding carboxylic acids is 1. The van der Waals surface area contributed by atoms with Crippen LogP contribution >= 0.6 is 11.3 Å². The Morgan fingerprint density at radius 1 is 1.26 bits per heavy atom. The lowest BCUT2D eigenvalue weighted by atomic mass is 9.85. The number of amides is 1. The number of oxazole rings is 1. The van der Waals surface area contributed by atoms with Gasteiger partial charge < -0.3 is 14.6 Å². The van der Waals surface area contributed by atoms with E-state index in [1.54, 1.807) is 23.6 Å². The molecule has 0 spiro atoms. The Kier molecular flexibility index (Phi) is 8.15. The summed E-state index contributed by atoms with van der Waals surface area (Å²) < 4.78 is 48.3. The van der Waals surface area contributed by atoms with Gasteiger partial charge in [-0.3, -0.25) is 4.79 Å². The first-order valence-corrected chi connectivity index (χ1v) is 15.5. The molecule has 1 aliphatic heterocycles. The molecule has 1 unspecified atom stereocenters. The van der Waals surface area contributed by atoms with E-state index >= 15 is 0 Å². The average Bonchev–Trinajstić information content (AvgIpc) is 3.65. The van der Waals surface area contributed by atoms with E-state index in [0.29, 0.717) is 29.5 Å². The van der Waals surface area contributed by atoms with E-state index in [1.807, 2.05) is 6.92 Å². The normalized spacial score (nSPS) is 17.8. The Morgan fingerprint density at radius 3 is 2.84 bits per heavy atom. The predicted molar refractivity (Wildman–Crippen MR) is 145 cm³/mol. The van der Waals surface area contributed by atoms with Gasteiger partial charge in [-0.1, -0.05) is 32.1 Å². The molecule has 0 radical (unpaired) electrons. The summed E-state index contributed by atoms with van der Waals surface area (Å²) in [7, 11) is -3.94. The molecule has 2 atom stereocenters. The molecule has 3 aromatic rings. The van der Waals surface area contributed by atoms with Crippen LogP contribution in [0.25, 0.3) is 10.6 Å². The van der Waals surface area contributed by atoms with E-state index in [4.69, 9.17) is 4.42 Å². The number of carbonyl (C=O) groups is 1. The van der Waals surface area contributed by atoms with Gasteiger partial charge in [0.2, 0.25) is 15.9 Å². The average molecular weight is 561 g/mol. The third-order valence-electron chi connectivity index (χ3n) is 7.38. The van der Waals surface area contributed by atoms with Gasteiger partial charge in [-0.15, -0.1) is 11.3 Å². The Bertz CT molecular complexity index is 1350. The van der Waals surface area contributed by atoms with Crippen molar-refractivity contribution in [2.24, 2.45) is 5.92 Å². The fourth-order valence-corrected chi connectivity index (χ4v) is 7.93. The third kappa shape index (κ3) is 6.27. The standard InChI is InChI=1S/C27H33FN4O4S2/c1-18(15-32-10-9-20-12-21(28)7-8-24(20)32)30-27(33)23(11-19-5-3-2-4-6-19)31-38(34,35)22-13-26(37-16-22)25-14-29-17-36-25/h7-8,12-14,16-19,23,31H,2-6,9-11,15H2,1H3,(H,30,33)/t18?,23-/m0/s1. The molecular weight excluding hydrogens is 527 g/mol. The minimum atomic E-state index is -3.94. The second-order valence-corrected chi connectivity index (χ2v) is 12.9. The monoisotopic (exact) mass is 560 g/mol. The Balaban J connectivity index is 1.27. The number of hydrogen-bond acceptors (Lipinski definition) is 7. The molecule has 1 aromatic carbocycles. The molecule has 204 valence electrons. The van der Waals surface area contributed by atoms with Crippen molar-refractivity contribution in [3.05, 3.63) is 53.6 Å². The van der Waals surface area contributed by atoms with Crippen LogP contribution < -0.4 is 14.9 Å². The van der Waals surface area contributed by atoms with Crippen molar-refractivity contribution in [1.29, 1.82) is 0 Å². The van der Waals surface area contributed by atoms with E-state index in [0.717, 1.165) is 49.9 Å². The molecule has 1 saturated carbocycles. The molecule has 11 heteroatoms. The summed E-state index contributed by atoms with van der Waals surface area (Å²) in [5.74, 6) is 0.220. The van der Waals surface area contributed by atoms with Crippen LogP contribution in [0.5, 0.6) is 0 Å². The zero-order chi connectivity index (χ0) is 26.7. The molecule has 1 aliphatic carbocycles. The molecule has 38 heavy (non-hydrogen) atoms. The zero-order valence-corrected chi connectivity index (χ0v) is 23.0. The molecule has 5 rings (SSSR count). The second-order valence-electron chi connectivity index (χ2n) is 10.3. The van der Waals surface area contributed by atoms with Crippen LogP contribution in [0.2, 0.25) is 0 Å². The van der Waals surface area contributed by atoms with Crippen LogP contribution in [0.1, 0.15) is 51.0 Å². The molecule has 0 saturated heterocycles. The van der Waals surface area contributed by atoms with Crippen molar-refractivity contribution in [1.82, 2.24) is 15.0 Å². The number of fused-ring (bicyclic) bond motifs is 1. The smallest absolute Gasteiger partial charge is 0.242 e. The van der Waals surface area contributed by atoms with Crippen LogP contribution in [0.4, 0.5) is 10.1 Å². The SMILES string of the molecule is CC(CN1CCc2cc(F)ccc21)NC(=O)[C@H](CC1CCCCC1)NS(=O)(=O)c1csc(-c2cnco2)c1. The summed E-state index contributed by atoms with van der Waals surface area (Å²) in [5, 5.41) is 4.59. The van der Waals surface area contributed by atoms with E-state index in [1.165, 1.54) is 36.4 Å². The highest BCUT2D eigenvalue weighted by atomic mass is 32.2. The number of aromatic nitrogens is 1. The Hall–Kier alpha value is -2.76. The van der Waals surface area contributed by atoms with E-state index in [2.05, 4.69) is 19.9 Å². The molecule has 1 fully saturated rings. The van der Waals surface area contributed by atoms with Gasteiger partial charge in [0.1, 0.15) is 11.9 Å². The molecule has 2 aromatic heterocycles. The molecule has 2 N–H and O–H groups in total. The van der Waals surface area contributed by atoms with Gasteiger partial charge in [0.25, 0.3) is 0 Å². The number of nitrogens with zero attached hydrogens (tertiary/aromatic N) is 2. The van der Waals surface area contributed by atoms with Crippen molar-refractivity contribution < 1.29 is 22.0 Å². The first kappa shape index (κ1) is 26.8. The molecule has 3 heterocycles. The fraction of sp³-hybridized carbons (Fsp3) is 0.481. The van der Waals surface area contributed by atoms with Crippen LogP contribution in [-0.2, 0) is 21.2 Å². The molecular formula is C27H33FN4O4S2. The van der Waals surface area contributed by atoms with Gasteiger partial charge in [-0.05, 0) is 55.5 Å². The topological polar surface area (TPSA) is 105 Å². The van der Waals surface area contributed by atoms with Crippen LogP contribution in [0, 0.1) is 11.7 Å². The largest absolute Gasteiger partial charge is 0.443 e. The highest BCUT2D eigenvalue weighted by Crippen LogP contribution is 2.31. The minimum absolute atomic E-state index is 0.101.